The summed E-state index contributed by atoms with van der Waals surface area (Å²) in [4.78, 5) is 17.7. The van der Waals surface area contributed by atoms with Gasteiger partial charge >= 0.3 is 0 Å². The quantitative estimate of drug-likeness (QED) is 0.169. The van der Waals surface area contributed by atoms with Crippen LogP contribution in [0.3, 0.4) is 0 Å². The van der Waals surface area contributed by atoms with Crippen LogP contribution in [0.4, 0.5) is 0 Å². The molecule has 0 aliphatic heterocycles. The summed E-state index contributed by atoms with van der Waals surface area (Å²) in [6, 6.07) is 7.24. The number of amides is 1. The molecular weight excluding hydrogens is 519 g/mol. The Bertz CT molecular complexity index is 710. The number of aliphatic hydroxyl groups excluding tert-OH is 1. The number of carbonyl (C=O) groups is 1. The summed E-state index contributed by atoms with van der Waals surface area (Å²) in [7, 11) is 0. The largest absolute Gasteiger partial charge is 0.386 e. The van der Waals surface area contributed by atoms with E-state index in [9.17, 15) is 9.90 Å². The Kier molecular flexibility index (Phi) is 11.9. The second-order valence-electron chi connectivity index (χ2n) is 5.39. The van der Waals surface area contributed by atoms with Crippen LogP contribution >= 0.6 is 58.3 Å². The van der Waals surface area contributed by atoms with Gasteiger partial charge in [0.1, 0.15) is 6.10 Å². The van der Waals surface area contributed by atoms with Gasteiger partial charge in [0.15, 0.2) is 5.96 Å². The second kappa shape index (κ2) is 13.3. The highest BCUT2D eigenvalue weighted by Gasteiger charge is 2.10. The van der Waals surface area contributed by atoms with Gasteiger partial charge < -0.3 is 21.1 Å². The lowest BCUT2D eigenvalue weighted by Gasteiger charge is -2.12. The molecule has 4 N–H and O–H groups in total. The summed E-state index contributed by atoms with van der Waals surface area (Å²) in [6.45, 7) is 4.20. The average molecular weight is 543 g/mol. The maximum absolute atomic E-state index is 11.8. The first-order valence-corrected chi connectivity index (χ1v) is 10.4. The van der Waals surface area contributed by atoms with E-state index >= 15 is 0 Å². The molecule has 27 heavy (non-hydrogen) atoms. The van der Waals surface area contributed by atoms with Crippen LogP contribution in [0.2, 0.25) is 4.34 Å². The van der Waals surface area contributed by atoms with E-state index in [0.717, 1.165) is 22.7 Å². The van der Waals surface area contributed by atoms with Crippen LogP contribution in [0.1, 0.15) is 34.0 Å². The van der Waals surface area contributed by atoms with Gasteiger partial charge in [-0.25, -0.2) is 0 Å². The number of nitrogens with zero attached hydrogens (tertiary/aromatic N) is 1. The summed E-state index contributed by atoms with van der Waals surface area (Å²) in [5, 5.41) is 21.3. The minimum atomic E-state index is -0.673. The van der Waals surface area contributed by atoms with E-state index < -0.39 is 6.10 Å². The summed E-state index contributed by atoms with van der Waals surface area (Å²) in [5.41, 5.74) is 0. The SMILES string of the molecule is CCNC(=NCC(O)c1ccc(Cl)s1)NCCCNC(=O)c1cccs1.I. The number of guanidine groups is 1. The van der Waals surface area contributed by atoms with Crippen LogP contribution < -0.4 is 16.0 Å². The third-order valence-electron chi connectivity index (χ3n) is 3.37. The first-order chi connectivity index (χ1) is 12.6. The normalized spacial score (nSPS) is 12.2. The van der Waals surface area contributed by atoms with E-state index in [1.54, 1.807) is 12.1 Å². The number of carbonyl (C=O) groups excluding carboxylic acids is 1. The number of hydrogen-bond acceptors (Lipinski definition) is 5. The third kappa shape index (κ3) is 8.77. The minimum Gasteiger partial charge on any atom is -0.386 e. The molecule has 0 saturated carbocycles. The molecular formula is C17H24ClIN4O2S2. The maximum atomic E-state index is 11.8. The van der Waals surface area contributed by atoms with Gasteiger partial charge in [-0.2, -0.15) is 0 Å². The first-order valence-electron chi connectivity index (χ1n) is 8.37. The molecule has 0 aliphatic rings. The molecule has 6 nitrogen and oxygen atoms in total. The number of hydrogen-bond donors (Lipinski definition) is 4. The van der Waals surface area contributed by atoms with E-state index in [1.165, 1.54) is 22.7 Å². The predicted molar refractivity (Wildman–Crippen MR) is 125 cm³/mol. The van der Waals surface area contributed by atoms with E-state index in [4.69, 9.17) is 11.6 Å². The van der Waals surface area contributed by atoms with Crippen LogP contribution in [0.25, 0.3) is 0 Å². The first kappa shape index (κ1) is 24.2. The fourth-order valence-corrected chi connectivity index (χ4v) is 3.79. The van der Waals surface area contributed by atoms with Crippen molar-refractivity contribution in [3.63, 3.8) is 0 Å². The van der Waals surface area contributed by atoms with Gasteiger partial charge in [-0.1, -0.05) is 17.7 Å². The van der Waals surface area contributed by atoms with Crippen LogP contribution in [-0.2, 0) is 0 Å². The molecule has 1 atom stereocenters. The fourth-order valence-electron chi connectivity index (χ4n) is 2.11. The van der Waals surface area contributed by atoms with Crippen molar-refractivity contribution in [1.29, 1.82) is 0 Å². The number of thiophene rings is 2. The monoisotopic (exact) mass is 542 g/mol. The van der Waals surface area contributed by atoms with Crippen molar-refractivity contribution < 1.29 is 9.90 Å². The molecule has 1 unspecified atom stereocenters. The van der Waals surface area contributed by atoms with Crippen molar-refractivity contribution in [2.24, 2.45) is 4.99 Å². The highest BCUT2D eigenvalue weighted by Crippen LogP contribution is 2.26. The molecule has 0 radical (unpaired) electrons. The van der Waals surface area contributed by atoms with Crippen LogP contribution in [0, 0.1) is 0 Å². The Morgan fingerprint density at radius 2 is 2.04 bits per heavy atom. The molecule has 0 bridgehead atoms. The molecule has 2 aromatic heterocycles. The topological polar surface area (TPSA) is 85.8 Å². The third-order valence-corrected chi connectivity index (χ3v) is 5.57. The van der Waals surface area contributed by atoms with Crippen molar-refractivity contribution in [2.75, 3.05) is 26.2 Å². The molecule has 2 rings (SSSR count). The molecule has 2 aromatic rings. The molecule has 2 heterocycles. The van der Waals surface area contributed by atoms with Crippen molar-refractivity contribution in [1.82, 2.24) is 16.0 Å². The highest BCUT2D eigenvalue weighted by atomic mass is 127. The average Bonchev–Trinajstić information content (AvgIpc) is 3.30. The predicted octanol–water partition coefficient (Wildman–Crippen LogP) is 3.49. The van der Waals surface area contributed by atoms with Gasteiger partial charge in [-0.05, 0) is 36.9 Å². The second-order valence-corrected chi connectivity index (χ2v) is 8.09. The molecule has 0 fully saturated rings. The number of aliphatic hydroxyl groups is 1. The summed E-state index contributed by atoms with van der Waals surface area (Å²) < 4.78 is 0.651. The summed E-state index contributed by atoms with van der Waals surface area (Å²) in [5.74, 6) is 0.595. The van der Waals surface area contributed by atoms with Crippen molar-refractivity contribution >= 4 is 70.1 Å². The van der Waals surface area contributed by atoms with Crippen molar-refractivity contribution in [3.8, 4) is 0 Å². The van der Waals surface area contributed by atoms with Gasteiger partial charge in [-0.3, -0.25) is 9.79 Å². The molecule has 10 heteroatoms. The lowest BCUT2D eigenvalue weighted by Crippen LogP contribution is -2.39. The number of rotatable bonds is 9. The van der Waals surface area contributed by atoms with Crippen LogP contribution in [0.5, 0.6) is 0 Å². The molecule has 150 valence electrons. The Hall–Kier alpha value is -0.880. The zero-order chi connectivity index (χ0) is 18.8. The van der Waals surface area contributed by atoms with Crippen LogP contribution in [0.15, 0.2) is 34.6 Å². The summed E-state index contributed by atoms with van der Waals surface area (Å²) >= 11 is 8.67. The number of nitrogens with one attached hydrogen (secondary N) is 3. The number of halogens is 2. The van der Waals surface area contributed by atoms with Crippen molar-refractivity contribution in [2.45, 2.75) is 19.4 Å². The van der Waals surface area contributed by atoms with E-state index in [2.05, 4.69) is 20.9 Å². The Labute approximate surface area is 189 Å². The smallest absolute Gasteiger partial charge is 0.261 e. The zero-order valence-electron chi connectivity index (χ0n) is 14.9. The Morgan fingerprint density at radius 1 is 1.26 bits per heavy atom. The van der Waals surface area contributed by atoms with Crippen molar-refractivity contribution in [3.05, 3.63) is 43.7 Å². The van der Waals surface area contributed by atoms with Gasteiger partial charge in [0.25, 0.3) is 5.91 Å². The molecule has 0 spiro atoms. The van der Waals surface area contributed by atoms with E-state index in [1.807, 2.05) is 24.4 Å². The fraction of sp³-hybridized carbons (Fsp3) is 0.412. The van der Waals surface area contributed by atoms with E-state index in [0.29, 0.717) is 23.4 Å². The zero-order valence-corrected chi connectivity index (χ0v) is 19.6. The van der Waals surface area contributed by atoms with Gasteiger partial charge in [0, 0.05) is 24.5 Å². The molecule has 1 amide bonds. The lowest BCUT2D eigenvalue weighted by molar-refractivity contribution is 0.0957. The number of aliphatic imine (C=N–C) groups is 1. The minimum absolute atomic E-state index is 0. The molecule has 0 aliphatic carbocycles. The maximum Gasteiger partial charge on any atom is 0.261 e. The molecule has 0 aromatic carbocycles. The Balaban J connectivity index is 0.00000364. The molecule has 0 saturated heterocycles. The Morgan fingerprint density at radius 3 is 2.67 bits per heavy atom. The standard InChI is InChI=1S/C17H23ClN4O2S2.HI/c1-2-19-17(22-11-12(23)13-6-7-15(18)26-13)21-9-4-8-20-16(24)14-5-3-10-25-14;/h3,5-7,10,12,23H,2,4,8-9,11H2,1H3,(H,20,24)(H2,19,21,22);1H. The van der Waals surface area contributed by atoms with Crippen LogP contribution in [-0.4, -0.2) is 43.2 Å². The van der Waals surface area contributed by atoms with Gasteiger partial charge in [0.2, 0.25) is 0 Å². The highest BCUT2D eigenvalue weighted by molar-refractivity contribution is 14.0. The summed E-state index contributed by atoms with van der Waals surface area (Å²) in [6.07, 6.45) is 0.0954. The van der Waals surface area contributed by atoms with Gasteiger partial charge in [0.05, 0.1) is 15.8 Å². The van der Waals surface area contributed by atoms with E-state index in [-0.39, 0.29) is 36.4 Å². The van der Waals surface area contributed by atoms with Gasteiger partial charge in [-0.15, -0.1) is 46.7 Å². The lowest BCUT2D eigenvalue weighted by atomic mass is 10.3.